The molecule has 0 aromatic carbocycles. The molecule has 0 fully saturated rings. The van der Waals surface area contributed by atoms with E-state index in [-0.39, 0.29) is 27.3 Å². The molecule has 1 heterocycles. The summed E-state index contributed by atoms with van der Waals surface area (Å²) in [6.07, 6.45) is 6.34. The lowest BCUT2D eigenvalue weighted by molar-refractivity contribution is 0.197. The van der Waals surface area contributed by atoms with Crippen LogP contribution in [0.3, 0.4) is 0 Å². The van der Waals surface area contributed by atoms with Gasteiger partial charge in [-0.1, -0.05) is 17.5 Å². The first-order valence-corrected chi connectivity index (χ1v) is 3.91. The molecule has 0 radical (unpaired) electrons. The highest BCUT2D eigenvalue weighted by molar-refractivity contribution is 6.34. The number of pyridine rings is 1. The van der Waals surface area contributed by atoms with Crippen molar-refractivity contribution in [3.8, 4) is 12.3 Å². The van der Waals surface area contributed by atoms with Crippen molar-refractivity contribution >= 4 is 23.1 Å². The molecule has 14 heavy (non-hydrogen) atoms. The van der Waals surface area contributed by atoms with Crippen molar-refractivity contribution in [2.45, 2.75) is 0 Å². The van der Waals surface area contributed by atoms with E-state index in [1.165, 1.54) is 13.3 Å². The van der Waals surface area contributed by atoms with Crippen LogP contribution in [0.1, 0.15) is 5.56 Å². The number of nitrogens with zero attached hydrogens (tertiary/aromatic N) is 2. The monoisotopic (exact) mass is 212 g/mol. The van der Waals surface area contributed by atoms with Crippen LogP contribution in [-0.2, 0) is 4.84 Å². The Kier molecular flexibility index (Phi) is 3.14. The number of rotatable bonds is 2. The summed E-state index contributed by atoms with van der Waals surface area (Å²) in [6, 6.07) is 0. The first kappa shape index (κ1) is 10.6. The van der Waals surface area contributed by atoms with Crippen molar-refractivity contribution in [2.24, 2.45) is 0 Å². The zero-order valence-corrected chi connectivity index (χ0v) is 8.08. The summed E-state index contributed by atoms with van der Waals surface area (Å²) in [5.74, 6) is 2.34. The number of nitrogens with two attached hydrogens (primary N) is 1. The molecule has 1 rings (SSSR count). The molecule has 0 bridgehead atoms. The van der Waals surface area contributed by atoms with Crippen LogP contribution in [0.15, 0.2) is 6.20 Å². The van der Waals surface area contributed by atoms with Gasteiger partial charge >= 0.3 is 0 Å². The number of terminal acetylenes is 1. The van der Waals surface area contributed by atoms with Gasteiger partial charge in [-0.25, -0.2) is 4.98 Å². The fourth-order valence-corrected chi connectivity index (χ4v) is 1.12. The van der Waals surface area contributed by atoms with E-state index in [1.54, 1.807) is 0 Å². The molecule has 0 aliphatic carbocycles. The molecule has 0 atom stereocenters. The van der Waals surface area contributed by atoms with Crippen molar-refractivity contribution in [1.29, 1.82) is 0 Å². The standard InChI is InChI=1S/C8H7ClN3O2/c1-3-5-7(9)6(12(13)14-2)4-11-8(5)10/h1,4H,2H3,(H2,10,11)/q-1. The van der Waals surface area contributed by atoms with Crippen molar-refractivity contribution < 1.29 is 4.84 Å². The van der Waals surface area contributed by atoms with Gasteiger partial charge in [-0.2, -0.15) is 0 Å². The molecule has 1 aromatic rings. The molecule has 0 spiro atoms. The summed E-state index contributed by atoms with van der Waals surface area (Å²) in [4.78, 5) is 8.11. The summed E-state index contributed by atoms with van der Waals surface area (Å²) in [5, 5.41) is 11.3. The van der Waals surface area contributed by atoms with Gasteiger partial charge in [0.1, 0.15) is 5.82 Å². The maximum Gasteiger partial charge on any atom is 0.140 e. The molecule has 2 N–H and O–H groups in total. The molecule has 5 nitrogen and oxygen atoms in total. The molecule has 0 saturated heterocycles. The molecular weight excluding hydrogens is 206 g/mol. The van der Waals surface area contributed by atoms with E-state index in [2.05, 4.69) is 15.7 Å². The van der Waals surface area contributed by atoms with Crippen molar-refractivity contribution in [1.82, 2.24) is 4.98 Å². The number of halogens is 1. The lowest BCUT2D eigenvalue weighted by Gasteiger charge is -2.27. The maximum absolute atomic E-state index is 11.1. The quantitative estimate of drug-likeness (QED) is 0.588. The Morgan fingerprint density at radius 3 is 2.93 bits per heavy atom. The molecule has 74 valence electrons. The normalized spacial score (nSPS) is 9.57. The van der Waals surface area contributed by atoms with Crippen LogP contribution in [0.25, 0.3) is 0 Å². The molecule has 6 heteroatoms. The zero-order chi connectivity index (χ0) is 10.7. The van der Waals surface area contributed by atoms with Crippen LogP contribution in [0, 0.1) is 17.6 Å². The van der Waals surface area contributed by atoms with Crippen LogP contribution in [0.4, 0.5) is 11.5 Å². The second kappa shape index (κ2) is 4.15. The topological polar surface area (TPSA) is 74.4 Å². The highest BCUT2D eigenvalue weighted by Crippen LogP contribution is 2.30. The third kappa shape index (κ3) is 1.72. The fraction of sp³-hybridized carbons (Fsp3) is 0.125. The van der Waals surface area contributed by atoms with Gasteiger partial charge in [0.15, 0.2) is 0 Å². The van der Waals surface area contributed by atoms with E-state index >= 15 is 0 Å². The molecule has 0 aliphatic rings. The highest BCUT2D eigenvalue weighted by atomic mass is 35.5. The van der Waals surface area contributed by atoms with E-state index in [1.807, 2.05) is 0 Å². The smallest absolute Gasteiger partial charge is 0.140 e. The van der Waals surface area contributed by atoms with Gasteiger partial charge < -0.3 is 16.2 Å². The van der Waals surface area contributed by atoms with Crippen LogP contribution in [0.2, 0.25) is 5.02 Å². The second-order valence-electron chi connectivity index (χ2n) is 2.30. The van der Waals surface area contributed by atoms with Gasteiger partial charge in [0.05, 0.1) is 29.6 Å². The van der Waals surface area contributed by atoms with Crippen molar-refractivity contribution in [3.05, 3.63) is 22.0 Å². The summed E-state index contributed by atoms with van der Waals surface area (Å²) in [7, 11) is 1.20. The Balaban J connectivity index is 3.30. The van der Waals surface area contributed by atoms with Crippen LogP contribution in [-0.4, -0.2) is 12.1 Å². The minimum atomic E-state index is 0.0244. The lowest BCUT2D eigenvalue weighted by atomic mass is 10.2. The maximum atomic E-state index is 11.1. The van der Waals surface area contributed by atoms with Gasteiger partial charge in [0, 0.05) is 0 Å². The Morgan fingerprint density at radius 1 is 1.79 bits per heavy atom. The fourth-order valence-electron chi connectivity index (χ4n) is 0.855. The molecule has 1 aromatic heterocycles. The van der Waals surface area contributed by atoms with Gasteiger partial charge in [-0.3, -0.25) is 4.84 Å². The Labute approximate surface area is 86.0 Å². The number of aromatic nitrogens is 1. The van der Waals surface area contributed by atoms with Crippen LogP contribution < -0.4 is 11.0 Å². The van der Waals surface area contributed by atoms with Crippen LogP contribution in [0.5, 0.6) is 0 Å². The summed E-state index contributed by atoms with van der Waals surface area (Å²) in [6.45, 7) is 0. The van der Waals surface area contributed by atoms with E-state index < -0.39 is 0 Å². The number of hydrogen-bond acceptors (Lipinski definition) is 5. The molecule has 0 amide bonds. The minimum Gasteiger partial charge on any atom is -0.733 e. The van der Waals surface area contributed by atoms with E-state index in [9.17, 15) is 5.21 Å². The van der Waals surface area contributed by atoms with Gasteiger partial charge in [-0.05, 0) is 0 Å². The lowest BCUT2D eigenvalue weighted by Crippen LogP contribution is -2.14. The Morgan fingerprint density at radius 2 is 2.43 bits per heavy atom. The first-order valence-electron chi connectivity index (χ1n) is 3.53. The zero-order valence-electron chi connectivity index (χ0n) is 7.32. The van der Waals surface area contributed by atoms with Gasteiger partial charge in [0.2, 0.25) is 0 Å². The number of hydrogen-bond donors (Lipinski definition) is 1. The summed E-state index contributed by atoms with van der Waals surface area (Å²) < 4.78 is 0. The SMILES string of the molecule is C#Cc1c(N)ncc(N([O-])OC)c1Cl. The number of anilines is 2. The second-order valence-corrected chi connectivity index (χ2v) is 2.68. The Bertz CT molecular complexity index is 389. The third-order valence-electron chi connectivity index (χ3n) is 1.53. The third-order valence-corrected chi connectivity index (χ3v) is 1.92. The predicted octanol–water partition coefficient (Wildman–Crippen LogP) is 1.16. The largest absolute Gasteiger partial charge is 0.733 e. The first-order chi connectivity index (χ1) is 6.61. The minimum absolute atomic E-state index is 0.0244. The molecule has 0 aliphatic heterocycles. The van der Waals surface area contributed by atoms with Crippen molar-refractivity contribution in [2.75, 3.05) is 18.1 Å². The van der Waals surface area contributed by atoms with E-state index in [0.717, 1.165) is 0 Å². The summed E-state index contributed by atoms with van der Waals surface area (Å²) in [5.41, 5.74) is 5.65. The molecular formula is C8H7ClN3O2-. The highest BCUT2D eigenvalue weighted by Gasteiger charge is 2.10. The van der Waals surface area contributed by atoms with Crippen molar-refractivity contribution in [3.63, 3.8) is 0 Å². The predicted molar refractivity (Wildman–Crippen MR) is 54.4 cm³/mol. The van der Waals surface area contributed by atoms with Gasteiger partial charge in [0.25, 0.3) is 0 Å². The Hall–Kier alpha value is -1.48. The molecule has 0 unspecified atom stereocenters. The average Bonchev–Trinajstić information content (AvgIpc) is 2.18. The average molecular weight is 213 g/mol. The van der Waals surface area contributed by atoms with E-state index in [4.69, 9.17) is 23.8 Å². The van der Waals surface area contributed by atoms with Crippen LogP contribution >= 0.6 is 11.6 Å². The summed E-state index contributed by atoms with van der Waals surface area (Å²) >= 11 is 5.80. The van der Waals surface area contributed by atoms with Gasteiger partial charge in [-0.15, -0.1) is 6.42 Å². The molecule has 0 saturated carbocycles. The van der Waals surface area contributed by atoms with E-state index in [0.29, 0.717) is 0 Å². The number of nitrogen functional groups attached to an aromatic ring is 1.